The molecule has 0 bridgehead atoms. The molecule has 1 aliphatic rings. The van der Waals surface area contributed by atoms with Crippen molar-refractivity contribution in [1.82, 2.24) is 0 Å². The molecule has 0 aliphatic heterocycles. The molecule has 6 heteroatoms. The lowest BCUT2D eigenvalue weighted by atomic mass is 10.0. The highest BCUT2D eigenvalue weighted by Gasteiger charge is 2.43. The van der Waals surface area contributed by atoms with Crippen molar-refractivity contribution < 1.29 is 17.0 Å². The number of hydrogen-bond acceptors (Lipinski definition) is 4. The van der Waals surface area contributed by atoms with Crippen LogP contribution in [0.4, 0.5) is 0 Å². The standard InChI is InChI=1S/C15H30O4SSi/c1-8-9-12-10-13(11-14(12)18-20(5,16)17)19-21(6,7)15(2,3)4/h8,12-14H,1,9-11H2,2-7H3/t12-,13-,14+/m1/s1. The van der Waals surface area contributed by atoms with E-state index in [0.717, 1.165) is 19.1 Å². The van der Waals surface area contributed by atoms with Gasteiger partial charge in [0.15, 0.2) is 8.32 Å². The molecule has 1 aliphatic carbocycles. The van der Waals surface area contributed by atoms with Gasteiger partial charge < -0.3 is 4.43 Å². The third-order valence-corrected chi connectivity index (χ3v) is 9.75. The van der Waals surface area contributed by atoms with Crippen LogP contribution in [0.1, 0.15) is 40.0 Å². The van der Waals surface area contributed by atoms with Crippen LogP contribution in [0.25, 0.3) is 0 Å². The summed E-state index contributed by atoms with van der Waals surface area (Å²) in [5.74, 6) is 0.173. The van der Waals surface area contributed by atoms with Crippen molar-refractivity contribution in [3.63, 3.8) is 0 Å². The molecule has 21 heavy (non-hydrogen) atoms. The molecule has 4 nitrogen and oxygen atoms in total. The van der Waals surface area contributed by atoms with Crippen LogP contribution in [0.2, 0.25) is 18.1 Å². The molecule has 0 radical (unpaired) electrons. The smallest absolute Gasteiger partial charge is 0.264 e. The fraction of sp³-hybridized carbons (Fsp3) is 0.867. The van der Waals surface area contributed by atoms with E-state index in [1.54, 1.807) is 0 Å². The summed E-state index contributed by atoms with van der Waals surface area (Å²) in [6, 6.07) is 0. The summed E-state index contributed by atoms with van der Waals surface area (Å²) in [7, 11) is -5.27. The van der Waals surface area contributed by atoms with Crippen LogP contribution in [-0.4, -0.2) is 35.2 Å². The number of rotatable bonds is 6. The Balaban J connectivity index is 2.78. The summed E-state index contributed by atoms with van der Waals surface area (Å²) >= 11 is 0. The minimum atomic E-state index is -3.43. The Kier molecular flexibility index (Phi) is 5.86. The van der Waals surface area contributed by atoms with Gasteiger partial charge in [-0.15, -0.1) is 6.58 Å². The maximum absolute atomic E-state index is 11.4. The lowest BCUT2D eigenvalue weighted by Crippen LogP contribution is -2.43. The summed E-state index contributed by atoms with van der Waals surface area (Å²) < 4.78 is 34.5. The van der Waals surface area contributed by atoms with E-state index in [1.807, 2.05) is 6.08 Å². The predicted molar refractivity (Wildman–Crippen MR) is 89.3 cm³/mol. The highest BCUT2D eigenvalue weighted by Crippen LogP contribution is 2.41. The molecule has 0 aromatic rings. The average molecular weight is 335 g/mol. The zero-order chi connectivity index (χ0) is 16.5. The minimum absolute atomic E-state index is 0.0857. The number of allylic oxidation sites excluding steroid dienone is 1. The fourth-order valence-corrected chi connectivity index (χ4v) is 4.60. The first-order valence-electron chi connectivity index (χ1n) is 7.52. The molecule has 0 aromatic heterocycles. The van der Waals surface area contributed by atoms with Crippen molar-refractivity contribution in [2.45, 2.75) is 70.4 Å². The third-order valence-electron chi connectivity index (χ3n) is 4.62. The van der Waals surface area contributed by atoms with Crippen LogP contribution >= 0.6 is 0 Å². The van der Waals surface area contributed by atoms with Gasteiger partial charge >= 0.3 is 0 Å². The maximum Gasteiger partial charge on any atom is 0.264 e. The molecule has 1 rings (SSSR count). The van der Waals surface area contributed by atoms with Gasteiger partial charge in [-0.2, -0.15) is 8.42 Å². The normalized spacial score (nSPS) is 27.8. The Labute approximate surface area is 131 Å². The molecule has 0 aromatic carbocycles. The minimum Gasteiger partial charge on any atom is -0.414 e. The van der Waals surface area contributed by atoms with Crippen molar-refractivity contribution >= 4 is 18.4 Å². The van der Waals surface area contributed by atoms with Crippen molar-refractivity contribution in [2.75, 3.05) is 6.26 Å². The second kappa shape index (κ2) is 6.52. The van der Waals surface area contributed by atoms with Crippen LogP contribution < -0.4 is 0 Å². The second-order valence-corrected chi connectivity index (χ2v) is 14.0. The summed E-state index contributed by atoms with van der Waals surface area (Å²) in [5.41, 5.74) is 0. The summed E-state index contributed by atoms with van der Waals surface area (Å²) in [5, 5.41) is 0.150. The van der Waals surface area contributed by atoms with Gasteiger partial charge in [0.1, 0.15) is 0 Å². The van der Waals surface area contributed by atoms with Crippen molar-refractivity contribution in [2.24, 2.45) is 5.92 Å². The molecule has 1 saturated carbocycles. The molecule has 0 heterocycles. The molecule has 3 atom stereocenters. The highest BCUT2D eigenvalue weighted by atomic mass is 32.2. The van der Waals surface area contributed by atoms with E-state index in [0.29, 0.717) is 6.42 Å². The summed E-state index contributed by atoms with van der Waals surface area (Å²) in [6.07, 6.45) is 5.00. The molecule has 0 saturated heterocycles. The van der Waals surface area contributed by atoms with E-state index in [-0.39, 0.29) is 23.2 Å². The zero-order valence-electron chi connectivity index (χ0n) is 14.2. The van der Waals surface area contributed by atoms with Gasteiger partial charge in [-0.1, -0.05) is 26.8 Å². The van der Waals surface area contributed by atoms with Gasteiger partial charge in [0.25, 0.3) is 10.1 Å². The molecule has 124 valence electrons. The van der Waals surface area contributed by atoms with E-state index < -0.39 is 18.4 Å². The second-order valence-electron chi connectivity index (χ2n) is 7.59. The number of hydrogen-bond donors (Lipinski definition) is 0. The summed E-state index contributed by atoms with van der Waals surface area (Å²) in [4.78, 5) is 0. The average Bonchev–Trinajstić information content (AvgIpc) is 2.55. The largest absolute Gasteiger partial charge is 0.414 e. The molecular formula is C15H30O4SSi. The lowest BCUT2D eigenvalue weighted by Gasteiger charge is -2.38. The van der Waals surface area contributed by atoms with Crippen molar-refractivity contribution in [3.05, 3.63) is 12.7 Å². The van der Waals surface area contributed by atoms with Crippen molar-refractivity contribution in [3.8, 4) is 0 Å². The highest BCUT2D eigenvalue weighted by molar-refractivity contribution is 7.86. The van der Waals surface area contributed by atoms with Crippen molar-refractivity contribution in [1.29, 1.82) is 0 Å². The molecule has 0 unspecified atom stereocenters. The Morgan fingerprint density at radius 3 is 2.29 bits per heavy atom. The van der Waals surface area contributed by atoms with E-state index in [9.17, 15) is 8.42 Å². The van der Waals surface area contributed by atoms with Crippen LogP contribution in [0.5, 0.6) is 0 Å². The van der Waals surface area contributed by atoms with Gasteiger partial charge in [-0.25, -0.2) is 0 Å². The SMILES string of the molecule is C=CC[C@@H]1C[C@@H](O[Si](C)(C)C(C)(C)C)C[C@@H]1OS(C)(=O)=O. The fourth-order valence-electron chi connectivity index (χ4n) is 2.53. The molecule has 1 fully saturated rings. The topological polar surface area (TPSA) is 52.6 Å². The quantitative estimate of drug-likeness (QED) is 0.422. The maximum atomic E-state index is 11.4. The van der Waals surface area contributed by atoms with Crippen LogP contribution in [-0.2, 0) is 18.7 Å². The third kappa shape index (κ3) is 5.51. The van der Waals surface area contributed by atoms with E-state index in [1.165, 1.54) is 0 Å². The van der Waals surface area contributed by atoms with Gasteiger partial charge in [0, 0.05) is 12.5 Å². The monoisotopic (exact) mass is 334 g/mol. The van der Waals surface area contributed by atoms with Crippen LogP contribution in [0.3, 0.4) is 0 Å². The molecular weight excluding hydrogens is 304 g/mol. The lowest BCUT2D eigenvalue weighted by molar-refractivity contribution is 0.150. The van der Waals surface area contributed by atoms with Gasteiger partial charge in [0.05, 0.1) is 12.4 Å². The summed E-state index contributed by atoms with van der Waals surface area (Å²) in [6.45, 7) is 14.8. The van der Waals surface area contributed by atoms with Crippen LogP contribution in [0, 0.1) is 5.92 Å². The Morgan fingerprint density at radius 2 is 1.86 bits per heavy atom. The van der Waals surface area contributed by atoms with E-state index in [2.05, 4.69) is 40.4 Å². The van der Waals surface area contributed by atoms with E-state index >= 15 is 0 Å². The predicted octanol–water partition coefficient (Wildman–Crippen LogP) is 3.71. The first-order chi connectivity index (χ1) is 9.36. The van der Waals surface area contributed by atoms with Crippen LogP contribution in [0.15, 0.2) is 12.7 Å². The van der Waals surface area contributed by atoms with Gasteiger partial charge in [-0.3, -0.25) is 4.18 Å². The first-order valence-corrected chi connectivity index (χ1v) is 12.2. The van der Waals surface area contributed by atoms with E-state index in [4.69, 9.17) is 8.61 Å². The molecule has 0 amide bonds. The molecule has 0 N–H and O–H groups in total. The first kappa shape index (κ1) is 18.9. The van der Waals surface area contributed by atoms with Gasteiger partial charge in [-0.05, 0) is 36.9 Å². The Morgan fingerprint density at radius 1 is 1.29 bits per heavy atom. The van der Waals surface area contributed by atoms with Gasteiger partial charge in [0.2, 0.25) is 0 Å². The Hall–Kier alpha value is -0.173. The Bertz CT molecular complexity index is 465. The zero-order valence-corrected chi connectivity index (χ0v) is 16.0. The molecule has 0 spiro atoms.